The van der Waals surface area contributed by atoms with Crippen LogP contribution in [0.3, 0.4) is 0 Å². The van der Waals surface area contributed by atoms with Crippen molar-refractivity contribution < 1.29 is 14.3 Å². The van der Waals surface area contributed by atoms with E-state index in [1.807, 2.05) is 20.8 Å². The number of anilines is 1. The third kappa shape index (κ3) is 4.91. The molecule has 0 radical (unpaired) electrons. The summed E-state index contributed by atoms with van der Waals surface area (Å²) in [5, 5.41) is 3.26. The van der Waals surface area contributed by atoms with Gasteiger partial charge in [0.2, 0.25) is 11.8 Å². The van der Waals surface area contributed by atoms with E-state index in [4.69, 9.17) is 16.3 Å². The zero-order valence-corrected chi connectivity index (χ0v) is 14.5. The number of carbonyl (C=O) groups is 2. The normalized spacial score (nSPS) is 11.0. The smallest absolute Gasteiger partial charge is 0.225 e. The van der Waals surface area contributed by atoms with Gasteiger partial charge in [0.15, 0.2) is 0 Å². The van der Waals surface area contributed by atoms with Crippen LogP contribution >= 0.6 is 11.6 Å². The van der Waals surface area contributed by atoms with Crippen LogP contribution in [0.2, 0.25) is 5.02 Å². The molecule has 1 aromatic carbocycles. The van der Waals surface area contributed by atoms with Crippen LogP contribution in [0.1, 0.15) is 27.7 Å². The molecule has 0 aliphatic rings. The third-order valence-electron chi connectivity index (χ3n) is 3.13. The monoisotopic (exact) mass is 326 g/mol. The molecular weight excluding hydrogens is 304 g/mol. The number of benzene rings is 1. The molecule has 0 saturated carbocycles. The highest BCUT2D eigenvalue weighted by atomic mass is 35.5. The molecule has 6 heteroatoms. The van der Waals surface area contributed by atoms with Gasteiger partial charge in [-0.3, -0.25) is 9.59 Å². The number of hydrogen-bond donors (Lipinski definition) is 1. The molecule has 0 unspecified atom stereocenters. The summed E-state index contributed by atoms with van der Waals surface area (Å²) in [6.07, 6.45) is 0. The number of amides is 2. The lowest BCUT2D eigenvalue weighted by Crippen LogP contribution is -2.41. The number of nitrogens with one attached hydrogen (secondary N) is 1. The molecular formula is C16H23ClN2O3. The number of halogens is 1. The van der Waals surface area contributed by atoms with Crippen molar-refractivity contribution >= 4 is 29.1 Å². The molecule has 0 saturated heterocycles. The van der Waals surface area contributed by atoms with Crippen molar-refractivity contribution in [2.75, 3.05) is 25.1 Å². The molecule has 0 heterocycles. The lowest BCUT2D eigenvalue weighted by Gasteiger charge is -2.23. The molecule has 122 valence electrons. The van der Waals surface area contributed by atoms with E-state index >= 15 is 0 Å². The van der Waals surface area contributed by atoms with Crippen LogP contribution in [-0.2, 0) is 9.59 Å². The largest absolute Gasteiger partial charge is 0.495 e. The van der Waals surface area contributed by atoms with Crippen molar-refractivity contribution in [3.63, 3.8) is 0 Å². The predicted octanol–water partition coefficient (Wildman–Crippen LogP) is 2.86. The molecule has 22 heavy (non-hydrogen) atoms. The Labute approximate surface area is 136 Å². The first kappa shape index (κ1) is 18.3. The highest BCUT2D eigenvalue weighted by Crippen LogP contribution is 2.29. The Morgan fingerprint density at radius 3 is 2.41 bits per heavy atom. The third-order valence-corrected chi connectivity index (χ3v) is 3.42. The first-order chi connectivity index (χ1) is 10.2. The van der Waals surface area contributed by atoms with Crippen LogP contribution in [-0.4, -0.2) is 32.0 Å². The highest BCUT2D eigenvalue weighted by Gasteiger charge is 2.21. The fourth-order valence-electron chi connectivity index (χ4n) is 1.84. The number of nitrogens with zero attached hydrogens (tertiary/aromatic N) is 1. The summed E-state index contributed by atoms with van der Waals surface area (Å²) in [6.45, 7) is 7.75. The Bertz CT molecular complexity index is 553. The van der Waals surface area contributed by atoms with Crippen LogP contribution in [0.15, 0.2) is 18.2 Å². The van der Waals surface area contributed by atoms with Gasteiger partial charge in [-0.25, -0.2) is 0 Å². The van der Waals surface area contributed by atoms with E-state index in [9.17, 15) is 9.59 Å². The summed E-state index contributed by atoms with van der Waals surface area (Å²) in [6, 6.07) is 5.15. The summed E-state index contributed by atoms with van der Waals surface area (Å²) in [4.78, 5) is 25.2. The summed E-state index contributed by atoms with van der Waals surface area (Å²) in [5.41, 5.74) is 0.216. The van der Waals surface area contributed by atoms with Gasteiger partial charge in [-0.1, -0.05) is 32.4 Å². The summed E-state index contributed by atoms with van der Waals surface area (Å²) < 4.78 is 5.10. The molecule has 0 aliphatic heterocycles. The molecule has 0 aliphatic carbocycles. The van der Waals surface area contributed by atoms with Gasteiger partial charge in [0.05, 0.1) is 12.1 Å². The maximum atomic E-state index is 11.8. The van der Waals surface area contributed by atoms with E-state index < -0.39 is 5.41 Å². The van der Waals surface area contributed by atoms with Gasteiger partial charge >= 0.3 is 0 Å². The Morgan fingerprint density at radius 2 is 1.95 bits per heavy atom. The molecule has 5 nitrogen and oxygen atoms in total. The van der Waals surface area contributed by atoms with Crippen molar-refractivity contribution in [3.05, 3.63) is 23.2 Å². The minimum Gasteiger partial charge on any atom is -0.495 e. The molecule has 0 fully saturated rings. The van der Waals surface area contributed by atoms with Gasteiger partial charge in [0.1, 0.15) is 5.75 Å². The number of hydrogen-bond acceptors (Lipinski definition) is 3. The number of carbonyl (C=O) groups excluding carboxylic acids is 2. The second kappa shape index (κ2) is 7.49. The molecule has 0 bridgehead atoms. The van der Waals surface area contributed by atoms with Crippen LogP contribution in [0.4, 0.5) is 5.69 Å². The van der Waals surface area contributed by atoms with Gasteiger partial charge in [-0.05, 0) is 18.2 Å². The van der Waals surface area contributed by atoms with Crippen LogP contribution < -0.4 is 15.0 Å². The number of rotatable bonds is 5. The first-order valence-electron chi connectivity index (χ1n) is 7.06. The highest BCUT2D eigenvalue weighted by molar-refractivity contribution is 6.32. The first-order valence-corrected chi connectivity index (χ1v) is 7.44. The van der Waals surface area contributed by atoms with E-state index in [2.05, 4.69) is 5.32 Å². The average Bonchev–Trinajstić information content (AvgIpc) is 2.41. The molecule has 2 amide bonds. The van der Waals surface area contributed by atoms with Crippen molar-refractivity contribution in [2.24, 2.45) is 5.41 Å². The molecule has 1 N–H and O–H groups in total. The fourth-order valence-corrected chi connectivity index (χ4v) is 2.09. The van der Waals surface area contributed by atoms with Crippen LogP contribution in [0, 0.1) is 5.41 Å². The molecule has 1 aromatic rings. The van der Waals surface area contributed by atoms with E-state index in [-0.39, 0.29) is 11.8 Å². The van der Waals surface area contributed by atoms with Crippen molar-refractivity contribution in [3.8, 4) is 5.75 Å². The van der Waals surface area contributed by atoms with E-state index in [1.165, 1.54) is 14.0 Å². The van der Waals surface area contributed by atoms with Crippen molar-refractivity contribution in [2.45, 2.75) is 27.7 Å². The van der Waals surface area contributed by atoms with E-state index in [1.54, 1.807) is 23.1 Å². The SMILES string of the molecule is COc1ccc(N(CCNC(=O)C(C)(C)C)C(C)=O)cc1Cl. The van der Waals surface area contributed by atoms with Gasteiger partial charge in [0.25, 0.3) is 0 Å². The lowest BCUT2D eigenvalue weighted by molar-refractivity contribution is -0.128. The second-order valence-corrected chi connectivity index (χ2v) is 6.40. The number of ether oxygens (including phenoxy) is 1. The fraction of sp³-hybridized carbons (Fsp3) is 0.500. The van der Waals surface area contributed by atoms with Crippen LogP contribution in [0.25, 0.3) is 0 Å². The Kier molecular flexibility index (Phi) is 6.23. The quantitative estimate of drug-likeness (QED) is 0.905. The number of methoxy groups -OCH3 is 1. The zero-order valence-electron chi connectivity index (χ0n) is 13.7. The van der Waals surface area contributed by atoms with Crippen molar-refractivity contribution in [1.29, 1.82) is 0 Å². The Balaban J connectivity index is 2.77. The Hall–Kier alpha value is -1.75. The van der Waals surface area contributed by atoms with E-state index in [0.717, 1.165) is 0 Å². The lowest BCUT2D eigenvalue weighted by atomic mass is 9.96. The molecule has 0 aromatic heterocycles. The Morgan fingerprint density at radius 1 is 1.32 bits per heavy atom. The molecule has 0 atom stereocenters. The van der Waals surface area contributed by atoms with Gasteiger partial charge in [0, 0.05) is 31.1 Å². The molecule has 0 spiro atoms. The minimum absolute atomic E-state index is 0.0521. The van der Waals surface area contributed by atoms with Gasteiger partial charge in [-0.15, -0.1) is 0 Å². The zero-order chi connectivity index (χ0) is 16.9. The summed E-state index contributed by atoms with van der Waals surface area (Å²) in [5.74, 6) is 0.380. The van der Waals surface area contributed by atoms with Gasteiger partial charge < -0.3 is 15.0 Å². The van der Waals surface area contributed by atoms with Gasteiger partial charge in [-0.2, -0.15) is 0 Å². The summed E-state index contributed by atoms with van der Waals surface area (Å²) >= 11 is 6.09. The van der Waals surface area contributed by atoms with Crippen LogP contribution in [0.5, 0.6) is 5.75 Å². The minimum atomic E-state index is -0.454. The maximum absolute atomic E-state index is 11.8. The summed E-state index contributed by atoms with van der Waals surface area (Å²) in [7, 11) is 1.53. The maximum Gasteiger partial charge on any atom is 0.225 e. The predicted molar refractivity (Wildman–Crippen MR) is 88.5 cm³/mol. The van der Waals surface area contributed by atoms with Crippen molar-refractivity contribution in [1.82, 2.24) is 5.32 Å². The standard InChI is InChI=1S/C16H23ClN2O3/c1-11(20)19(9-8-18-15(21)16(2,3)4)12-6-7-14(22-5)13(17)10-12/h6-7,10H,8-9H2,1-5H3,(H,18,21). The van der Waals surface area contributed by atoms with E-state index in [0.29, 0.717) is 29.5 Å². The average molecular weight is 327 g/mol. The second-order valence-electron chi connectivity index (χ2n) is 6.00. The topological polar surface area (TPSA) is 58.6 Å². The molecule has 1 rings (SSSR count).